The molecule has 0 aliphatic heterocycles. The summed E-state index contributed by atoms with van der Waals surface area (Å²) in [6.07, 6.45) is 2.61. The van der Waals surface area contributed by atoms with E-state index in [1.165, 1.54) is 18.5 Å². The van der Waals surface area contributed by atoms with Crippen LogP contribution in [0.25, 0.3) is 0 Å². The third-order valence-corrected chi connectivity index (χ3v) is 4.83. The summed E-state index contributed by atoms with van der Waals surface area (Å²) < 4.78 is 2.30. The fraction of sp³-hybridized carbons (Fsp3) is 0.667. The molecular formula is C15H22ClNO. The largest absolute Gasteiger partial charge is 0.348 e. The van der Waals surface area contributed by atoms with Gasteiger partial charge in [-0.25, -0.2) is 0 Å². The first-order chi connectivity index (χ1) is 8.41. The molecule has 2 rings (SSSR count). The Morgan fingerprint density at radius 3 is 2.50 bits per heavy atom. The Morgan fingerprint density at radius 2 is 2.06 bits per heavy atom. The maximum absolute atomic E-state index is 11.8. The van der Waals surface area contributed by atoms with Crippen molar-refractivity contribution < 1.29 is 4.79 Å². The van der Waals surface area contributed by atoms with Crippen molar-refractivity contribution in [2.45, 2.75) is 47.1 Å². The van der Waals surface area contributed by atoms with E-state index in [1.807, 2.05) is 13.0 Å². The average Bonchev–Trinajstić information content (AvgIpc) is 3.06. The van der Waals surface area contributed by atoms with Crippen molar-refractivity contribution in [3.05, 3.63) is 23.0 Å². The Bertz CT molecular complexity index is 469. The molecule has 3 heteroatoms. The predicted molar refractivity (Wildman–Crippen MR) is 75.5 cm³/mol. The van der Waals surface area contributed by atoms with Crippen LogP contribution in [-0.4, -0.2) is 16.2 Å². The third-order valence-electron chi connectivity index (χ3n) is 4.59. The second-order valence-corrected chi connectivity index (χ2v) is 6.21. The van der Waals surface area contributed by atoms with Gasteiger partial charge in [0, 0.05) is 23.5 Å². The van der Waals surface area contributed by atoms with Crippen LogP contribution in [0.4, 0.5) is 0 Å². The van der Waals surface area contributed by atoms with Crippen LogP contribution in [-0.2, 0) is 6.54 Å². The van der Waals surface area contributed by atoms with Crippen molar-refractivity contribution >= 4 is 17.4 Å². The average molecular weight is 268 g/mol. The summed E-state index contributed by atoms with van der Waals surface area (Å²) in [6, 6.07) is 1.98. The number of ketones is 1. The van der Waals surface area contributed by atoms with Gasteiger partial charge in [-0.15, -0.1) is 11.6 Å². The summed E-state index contributed by atoms with van der Waals surface area (Å²) >= 11 is 5.66. The zero-order valence-corrected chi connectivity index (χ0v) is 12.5. The molecule has 0 spiro atoms. The Labute approximate surface area is 114 Å². The molecule has 1 heterocycles. The van der Waals surface area contributed by atoms with Crippen LogP contribution in [0.5, 0.6) is 0 Å². The van der Waals surface area contributed by atoms with E-state index in [4.69, 9.17) is 11.6 Å². The van der Waals surface area contributed by atoms with E-state index < -0.39 is 0 Å². The Morgan fingerprint density at radius 1 is 1.44 bits per heavy atom. The monoisotopic (exact) mass is 267 g/mol. The molecule has 0 aromatic carbocycles. The van der Waals surface area contributed by atoms with Crippen LogP contribution >= 0.6 is 11.6 Å². The van der Waals surface area contributed by atoms with Crippen molar-refractivity contribution in [3.8, 4) is 0 Å². The van der Waals surface area contributed by atoms with Crippen molar-refractivity contribution in [3.63, 3.8) is 0 Å². The van der Waals surface area contributed by atoms with Crippen molar-refractivity contribution in [2.24, 2.45) is 11.3 Å². The molecule has 100 valence electrons. The standard InChI is InChI=1S/C15H22ClNO/c1-10(2)15(5-6-15)9-17-11(3)7-13(12(17)4)14(18)8-16/h7,10H,5-6,8-9H2,1-4H3. The molecule has 0 amide bonds. The third kappa shape index (κ3) is 2.23. The number of Topliss-reactive ketones (excluding diaryl/α,β-unsaturated/α-hetero) is 1. The van der Waals surface area contributed by atoms with Gasteiger partial charge in [0.1, 0.15) is 0 Å². The highest BCUT2D eigenvalue weighted by Crippen LogP contribution is 2.53. The maximum atomic E-state index is 11.8. The molecule has 1 aromatic heterocycles. The summed E-state index contributed by atoms with van der Waals surface area (Å²) in [5.41, 5.74) is 3.50. The number of aryl methyl sites for hydroxylation is 1. The van der Waals surface area contributed by atoms with Crippen LogP contribution in [0.2, 0.25) is 0 Å². The topological polar surface area (TPSA) is 22.0 Å². The van der Waals surface area contributed by atoms with Gasteiger partial charge in [-0.3, -0.25) is 4.79 Å². The molecule has 0 N–H and O–H groups in total. The van der Waals surface area contributed by atoms with E-state index in [0.29, 0.717) is 11.3 Å². The predicted octanol–water partition coefficient (Wildman–Crippen LogP) is 3.96. The molecule has 18 heavy (non-hydrogen) atoms. The van der Waals surface area contributed by atoms with Gasteiger partial charge in [-0.1, -0.05) is 13.8 Å². The van der Waals surface area contributed by atoms with E-state index in [-0.39, 0.29) is 11.7 Å². The number of hydrogen-bond donors (Lipinski definition) is 0. The number of hydrogen-bond acceptors (Lipinski definition) is 1. The lowest BCUT2D eigenvalue weighted by molar-refractivity contribution is 0.102. The number of rotatable bonds is 5. The van der Waals surface area contributed by atoms with Gasteiger partial charge in [0.15, 0.2) is 5.78 Å². The molecular weight excluding hydrogens is 246 g/mol. The van der Waals surface area contributed by atoms with E-state index in [0.717, 1.165) is 17.8 Å². The zero-order chi connectivity index (χ0) is 13.5. The van der Waals surface area contributed by atoms with Gasteiger partial charge in [0.25, 0.3) is 0 Å². The van der Waals surface area contributed by atoms with Crippen molar-refractivity contribution in [2.75, 3.05) is 5.88 Å². The normalized spacial score (nSPS) is 17.2. The summed E-state index contributed by atoms with van der Waals surface area (Å²) in [7, 11) is 0. The molecule has 2 nitrogen and oxygen atoms in total. The molecule has 1 aliphatic carbocycles. The first-order valence-corrected chi connectivity index (χ1v) is 7.20. The number of carbonyl (C=O) groups excluding carboxylic acids is 1. The molecule has 1 saturated carbocycles. The molecule has 0 saturated heterocycles. The summed E-state index contributed by atoms with van der Waals surface area (Å²) in [6.45, 7) is 9.74. The second-order valence-electron chi connectivity index (χ2n) is 5.94. The van der Waals surface area contributed by atoms with Gasteiger partial charge in [-0.2, -0.15) is 0 Å². The van der Waals surface area contributed by atoms with Crippen LogP contribution in [0.1, 0.15) is 48.4 Å². The minimum Gasteiger partial charge on any atom is -0.348 e. The summed E-state index contributed by atoms with van der Waals surface area (Å²) in [5.74, 6) is 0.802. The van der Waals surface area contributed by atoms with Crippen LogP contribution < -0.4 is 0 Å². The Hall–Kier alpha value is -0.760. The number of carbonyl (C=O) groups is 1. The maximum Gasteiger partial charge on any atom is 0.179 e. The highest BCUT2D eigenvalue weighted by atomic mass is 35.5. The lowest BCUT2D eigenvalue weighted by atomic mass is 9.92. The van der Waals surface area contributed by atoms with Crippen LogP contribution in [0.15, 0.2) is 6.07 Å². The summed E-state index contributed by atoms with van der Waals surface area (Å²) in [4.78, 5) is 11.8. The van der Waals surface area contributed by atoms with Crippen LogP contribution in [0, 0.1) is 25.2 Å². The SMILES string of the molecule is Cc1cc(C(=O)CCl)c(C)n1CC1(C(C)C)CC1. The highest BCUT2D eigenvalue weighted by molar-refractivity contribution is 6.30. The molecule has 0 unspecified atom stereocenters. The number of alkyl halides is 1. The number of halogens is 1. The molecule has 1 aromatic rings. The molecule has 0 bridgehead atoms. The number of nitrogens with zero attached hydrogens (tertiary/aromatic N) is 1. The van der Waals surface area contributed by atoms with Gasteiger partial charge in [-0.05, 0) is 44.1 Å². The molecule has 1 aliphatic rings. The molecule has 0 radical (unpaired) electrons. The smallest absolute Gasteiger partial charge is 0.179 e. The number of aromatic nitrogens is 1. The molecule has 1 fully saturated rings. The van der Waals surface area contributed by atoms with E-state index in [9.17, 15) is 4.79 Å². The van der Waals surface area contributed by atoms with E-state index >= 15 is 0 Å². The van der Waals surface area contributed by atoms with Crippen LogP contribution in [0.3, 0.4) is 0 Å². The molecule has 0 atom stereocenters. The lowest BCUT2D eigenvalue weighted by Crippen LogP contribution is -2.19. The Kier molecular flexibility index (Phi) is 3.59. The Balaban J connectivity index is 2.29. The summed E-state index contributed by atoms with van der Waals surface area (Å²) in [5, 5.41) is 0. The minimum absolute atomic E-state index is 0.0328. The van der Waals surface area contributed by atoms with Gasteiger partial charge in [0.05, 0.1) is 5.88 Å². The second kappa shape index (κ2) is 4.73. The van der Waals surface area contributed by atoms with E-state index in [2.05, 4.69) is 25.3 Å². The van der Waals surface area contributed by atoms with Crippen molar-refractivity contribution in [1.82, 2.24) is 4.57 Å². The van der Waals surface area contributed by atoms with E-state index in [1.54, 1.807) is 0 Å². The first kappa shape index (κ1) is 13.7. The minimum atomic E-state index is 0.0328. The van der Waals surface area contributed by atoms with Gasteiger partial charge >= 0.3 is 0 Å². The fourth-order valence-corrected chi connectivity index (χ4v) is 2.94. The zero-order valence-electron chi connectivity index (χ0n) is 11.7. The lowest BCUT2D eigenvalue weighted by Gasteiger charge is -2.22. The van der Waals surface area contributed by atoms with Crippen molar-refractivity contribution in [1.29, 1.82) is 0 Å². The highest BCUT2D eigenvalue weighted by Gasteiger charge is 2.45. The van der Waals surface area contributed by atoms with Gasteiger partial charge in [0.2, 0.25) is 0 Å². The quantitative estimate of drug-likeness (QED) is 0.585. The first-order valence-electron chi connectivity index (χ1n) is 6.67. The van der Waals surface area contributed by atoms with Gasteiger partial charge < -0.3 is 4.57 Å². The fourth-order valence-electron chi connectivity index (χ4n) is 2.79.